The lowest BCUT2D eigenvalue weighted by molar-refractivity contribution is 0.0691. The van der Waals surface area contributed by atoms with Crippen molar-refractivity contribution in [2.75, 3.05) is 0 Å². The van der Waals surface area contributed by atoms with Gasteiger partial charge in [0.05, 0.1) is 5.69 Å². The molecule has 1 N–H and O–H groups in total. The molecular formula is C14H11N3O2. The predicted octanol–water partition coefficient (Wildman–Crippen LogP) is 2.02. The first-order valence-corrected chi connectivity index (χ1v) is 5.83. The highest BCUT2D eigenvalue weighted by Crippen LogP contribution is 2.10. The largest absolute Gasteiger partial charge is 0.476 e. The average Bonchev–Trinajstić information content (AvgIpc) is 2.83. The molecule has 5 heteroatoms. The summed E-state index contributed by atoms with van der Waals surface area (Å²) in [7, 11) is 0. The van der Waals surface area contributed by atoms with Gasteiger partial charge in [-0.05, 0) is 5.56 Å². The molecule has 94 valence electrons. The molecule has 2 heterocycles. The number of carbonyl (C=O) groups is 1. The molecular weight excluding hydrogens is 242 g/mol. The molecule has 5 nitrogen and oxygen atoms in total. The summed E-state index contributed by atoms with van der Waals surface area (Å²) in [5.74, 6) is -1.03. The van der Waals surface area contributed by atoms with Crippen LogP contribution in [-0.2, 0) is 6.42 Å². The summed E-state index contributed by atoms with van der Waals surface area (Å²) in [4.78, 5) is 19.2. The van der Waals surface area contributed by atoms with Gasteiger partial charge in [-0.15, -0.1) is 0 Å². The summed E-state index contributed by atoms with van der Waals surface area (Å²) in [6.07, 6.45) is 3.75. The molecule has 0 aliphatic rings. The lowest BCUT2D eigenvalue weighted by atomic mass is 10.1. The van der Waals surface area contributed by atoms with E-state index < -0.39 is 5.97 Å². The second kappa shape index (κ2) is 4.53. The van der Waals surface area contributed by atoms with Crippen molar-refractivity contribution in [2.45, 2.75) is 6.42 Å². The molecule has 19 heavy (non-hydrogen) atoms. The number of carboxylic acid groups (broad SMARTS) is 1. The van der Waals surface area contributed by atoms with Gasteiger partial charge in [0.2, 0.25) is 0 Å². The molecule has 1 aromatic carbocycles. The van der Waals surface area contributed by atoms with Crippen LogP contribution in [0.15, 0.2) is 48.9 Å². The first-order valence-electron chi connectivity index (χ1n) is 5.83. The smallest absolute Gasteiger partial charge is 0.356 e. The van der Waals surface area contributed by atoms with Gasteiger partial charge in [0.25, 0.3) is 0 Å². The molecule has 0 radical (unpaired) electrons. The molecule has 0 atom stereocenters. The summed E-state index contributed by atoms with van der Waals surface area (Å²) in [6.45, 7) is 0. The SMILES string of the molecule is O=C(O)c1cn2cnc(Cc3ccccc3)cc2n1. The average molecular weight is 253 g/mol. The van der Waals surface area contributed by atoms with E-state index in [1.807, 2.05) is 30.3 Å². The molecule has 2 aromatic heterocycles. The Hall–Kier alpha value is -2.69. The summed E-state index contributed by atoms with van der Waals surface area (Å²) in [6, 6.07) is 11.8. The van der Waals surface area contributed by atoms with Gasteiger partial charge in [0.1, 0.15) is 12.0 Å². The van der Waals surface area contributed by atoms with Crippen molar-refractivity contribution in [3.8, 4) is 0 Å². The highest BCUT2D eigenvalue weighted by atomic mass is 16.4. The van der Waals surface area contributed by atoms with Crippen molar-refractivity contribution in [1.82, 2.24) is 14.4 Å². The number of imidazole rings is 1. The van der Waals surface area contributed by atoms with Gasteiger partial charge in [0, 0.05) is 18.7 Å². The van der Waals surface area contributed by atoms with E-state index in [2.05, 4.69) is 9.97 Å². The van der Waals surface area contributed by atoms with E-state index in [1.54, 1.807) is 16.8 Å². The van der Waals surface area contributed by atoms with E-state index in [4.69, 9.17) is 5.11 Å². The fourth-order valence-corrected chi connectivity index (χ4v) is 1.93. The summed E-state index contributed by atoms with van der Waals surface area (Å²) in [5.41, 5.74) is 2.64. The quantitative estimate of drug-likeness (QED) is 0.775. The maximum absolute atomic E-state index is 10.9. The lowest BCUT2D eigenvalue weighted by Crippen LogP contribution is -1.95. The third kappa shape index (κ3) is 2.30. The Labute approximate surface area is 109 Å². The molecule has 0 aliphatic heterocycles. The number of carboxylic acids is 1. The van der Waals surface area contributed by atoms with Crippen LogP contribution in [0.3, 0.4) is 0 Å². The fraction of sp³-hybridized carbons (Fsp3) is 0.0714. The van der Waals surface area contributed by atoms with E-state index in [-0.39, 0.29) is 5.69 Å². The maximum atomic E-state index is 10.9. The second-order valence-electron chi connectivity index (χ2n) is 4.24. The number of aromatic carboxylic acids is 1. The zero-order valence-electron chi connectivity index (χ0n) is 10.0. The van der Waals surface area contributed by atoms with Crippen LogP contribution in [0.4, 0.5) is 0 Å². The topological polar surface area (TPSA) is 67.5 Å². The van der Waals surface area contributed by atoms with Crippen LogP contribution in [0.1, 0.15) is 21.7 Å². The number of aromatic nitrogens is 3. The van der Waals surface area contributed by atoms with Crippen LogP contribution in [-0.4, -0.2) is 25.4 Å². The first kappa shape index (κ1) is 11.4. The molecule has 0 spiro atoms. The number of nitrogens with zero attached hydrogens (tertiary/aromatic N) is 3. The number of benzene rings is 1. The molecule has 0 saturated carbocycles. The standard InChI is InChI=1S/C14H11N3O2/c18-14(19)12-8-17-9-15-11(7-13(17)16-12)6-10-4-2-1-3-5-10/h1-5,7-9H,6H2,(H,18,19). The number of hydrogen-bond donors (Lipinski definition) is 1. The Morgan fingerprint density at radius 2 is 2.05 bits per heavy atom. The maximum Gasteiger partial charge on any atom is 0.356 e. The molecule has 0 amide bonds. The summed E-state index contributed by atoms with van der Waals surface area (Å²) < 4.78 is 1.61. The monoisotopic (exact) mass is 253 g/mol. The fourth-order valence-electron chi connectivity index (χ4n) is 1.93. The van der Waals surface area contributed by atoms with E-state index in [9.17, 15) is 4.79 Å². The third-order valence-corrected chi connectivity index (χ3v) is 2.85. The van der Waals surface area contributed by atoms with Gasteiger partial charge in [0.15, 0.2) is 5.69 Å². The van der Waals surface area contributed by atoms with E-state index in [1.165, 1.54) is 6.20 Å². The molecule has 0 unspecified atom stereocenters. The molecule has 0 bridgehead atoms. The third-order valence-electron chi connectivity index (χ3n) is 2.85. The van der Waals surface area contributed by atoms with Crippen LogP contribution in [0.2, 0.25) is 0 Å². The van der Waals surface area contributed by atoms with Crippen LogP contribution in [0.5, 0.6) is 0 Å². The van der Waals surface area contributed by atoms with Crippen LogP contribution in [0, 0.1) is 0 Å². The van der Waals surface area contributed by atoms with Crippen molar-refractivity contribution in [2.24, 2.45) is 0 Å². The Bertz CT molecular complexity index is 735. The van der Waals surface area contributed by atoms with Gasteiger partial charge in [-0.25, -0.2) is 14.8 Å². The van der Waals surface area contributed by atoms with Crippen LogP contribution < -0.4 is 0 Å². The highest BCUT2D eigenvalue weighted by molar-refractivity contribution is 5.86. The van der Waals surface area contributed by atoms with Crippen LogP contribution in [0.25, 0.3) is 5.65 Å². The van der Waals surface area contributed by atoms with Crippen molar-refractivity contribution < 1.29 is 9.90 Å². The lowest BCUT2D eigenvalue weighted by Gasteiger charge is -2.01. The van der Waals surface area contributed by atoms with Gasteiger partial charge >= 0.3 is 5.97 Å². The Morgan fingerprint density at radius 3 is 2.79 bits per heavy atom. The van der Waals surface area contributed by atoms with Crippen molar-refractivity contribution in [3.63, 3.8) is 0 Å². The number of fused-ring (bicyclic) bond motifs is 1. The summed E-state index contributed by atoms with van der Waals surface area (Å²) in [5, 5.41) is 8.89. The zero-order valence-corrected chi connectivity index (χ0v) is 10.0. The van der Waals surface area contributed by atoms with Crippen LogP contribution >= 0.6 is 0 Å². The van der Waals surface area contributed by atoms with E-state index in [0.29, 0.717) is 12.1 Å². The molecule has 3 aromatic rings. The summed E-state index contributed by atoms with van der Waals surface area (Å²) >= 11 is 0. The van der Waals surface area contributed by atoms with E-state index >= 15 is 0 Å². The van der Waals surface area contributed by atoms with Gasteiger partial charge in [-0.1, -0.05) is 30.3 Å². The Balaban J connectivity index is 1.95. The minimum atomic E-state index is -1.03. The highest BCUT2D eigenvalue weighted by Gasteiger charge is 2.09. The van der Waals surface area contributed by atoms with Gasteiger partial charge in [-0.3, -0.25) is 4.40 Å². The second-order valence-corrected chi connectivity index (χ2v) is 4.24. The molecule has 0 aliphatic carbocycles. The van der Waals surface area contributed by atoms with Gasteiger partial charge in [-0.2, -0.15) is 0 Å². The normalized spacial score (nSPS) is 10.7. The van der Waals surface area contributed by atoms with Crippen molar-refractivity contribution in [1.29, 1.82) is 0 Å². The predicted molar refractivity (Wildman–Crippen MR) is 69.2 cm³/mol. The molecule has 0 fully saturated rings. The Kier molecular flexibility index (Phi) is 2.72. The first-order chi connectivity index (χ1) is 9.22. The molecule has 0 saturated heterocycles. The minimum absolute atomic E-state index is 0.0265. The number of rotatable bonds is 3. The zero-order chi connectivity index (χ0) is 13.2. The van der Waals surface area contributed by atoms with Crippen molar-refractivity contribution in [3.05, 3.63) is 65.9 Å². The van der Waals surface area contributed by atoms with Crippen molar-refractivity contribution >= 4 is 11.6 Å². The van der Waals surface area contributed by atoms with Gasteiger partial charge < -0.3 is 5.11 Å². The minimum Gasteiger partial charge on any atom is -0.476 e. The number of hydrogen-bond acceptors (Lipinski definition) is 3. The van der Waals surface area contributed by atoms with E-state index in [0.717, 1.165) is 11.3 Å². The molecule has 3 rings (SSSR count). The Morgan fingerprint density at radius 1 is 1.26 bits per heavy atom.